The quantitative estimate of drug-likeness (QED) is 0.113. The molecule has 0 saturated carbocycles. The van der Waals surface area contributed by atoms with E-state index in [2.05, 4.69) is 5.32 Å². The van der Waals surface area contributed by atoms with E-state index in [1.54, 1.807) is 27.8 Å². The zero-order valence-corrected chi connectivity index (χ0v) is 37.4. The monoisotopic (exact) mass is 895 g/mol. The van der Waals surface area contributed by atoms with Gasteiger partial charge in [0.25, 0.3) is 0 Å². The molecule has 18 nitrogen and oxygen atoms in total. The molecule has 0 spiro atoms. The zero-order chi connectivity index (χ0) is 46.5. The van der Waals surface area contributed by atoms with Gasteiger partial charge in [-0.15, -0.1) is 0 Å². The summed E-state index contributed by atoms with van der Waals surface area (Å²) in [6, 6.07) is 5.28. The highest BCUT2D eigenvalue weighted by Crippen LogP contribution is 2.49. The van der Waals surface area contributed by atoms with E-state index < -0.39 is 119 Å². The van der Waals surface area contributed by atoms with E-state index in [0.29, 0.717) is 5.56 Å². The van der Waals surface area contributed by atoms with Gasteiger partial charge in [-0.25, -0.2) is 0 Å². The second-order valence-corrected chi connectivity index (χ2v) is 18.1. The molecule has 16 atom stereocenters. The minimum Gasteiger partial charge on any atom is -0.507 e. The lowest BCUT2D eigenvalue weighted by Crippen LogP contribution is -2.62. The molecule has 64 heavy (non-hydrogen) atoms. The third-order valence-corrected chi connectivity index (χ3v) is 14.2. The van der Waals surface area contributed by atoms with Gasteiger partial charge in [0.05, 0.1) is 60.2 Å². The zero-order valence-electron chi connectivity index (χ0n) is 37.4. The minimum absolute atomic E-state index is 0.0568. The Morgan fingerprint density at radius 1 is 0.844 bits per heavy atom. The SMILES string of the molecule is CN[C@@]1(C)C[C@@H](c2cc(O)c3c(c2)C(=O)c2cc([C@@H](C(=O)OC)[C@H]4O[C@@H](C)[C@H](O)[C@@H](OC)[C@@H]4O)c4c(=O)cc([C@]5(C)O[C@H]5C)oc4c2C3=O)O[C@H](C)[C@H]1O[C@@H]1C[C@H](OC)[C@H](O)[C@H](C)O1. The molecular weight excluding hydrogens is 838 g/mol. The predicted molar refractivity (Wildman–Crippen MR) is 223 cm³/mol. The number of carbonyl (C=O) groups excluding carboxylic acids is 3. The number of carbonyl (C=O) groups is 3. The fourth-order valence-corrected chi connectivity index (χ4v) is 10.2. The Morgan fingerprint density at radius 2 is 1.52 bits per heavy atom. The van der Waals surface area contributed by atoms with E-state index in [9.17, 15) is 34.8 Å². The Labute approximate surface area is 369 Å². The molecule has 0 bridgehead atoms. The van der Waals surface area contributed by atoms with Crippen molar-refractivity contribution in [3.63, 3.8) is 0 Å². The number of hydrogen-bond donors (Lipinski definition) is 5. The first-order valence-electron chi connectivity index (χ1n) is 21.5. The summed E-state index contributed by atoms with van der Waals surface area (Å²) in [6.45, 7) is 10.5. The van der Waals surface area contributed by atoms with E-state index in [4.69, 9.17) is 42.3 Å². The normalized spacial score (nSPS) is 37.8. The summed E-state index contributed by atoms with van der Waals surface area (Å²) in [5.74, 6) is -4.62. The van der Waals surface area contributed by atoms with Crippen molar-refractivity contribution in [1.29, 1.82) is 0 Å². The topological polar surface area (TPSA) is 252 Å². The van der Waals surface area contributed by atoms with Crippen molar-refractivity contribution in [2.45, 2.75) is 151 Å². The largest absolute Gasteiger partial charge is 0.507 e. The summed E-state index contributed by atoms with van der Waals surface area (Å²) >= 11 is 0. The Kier molecular flexibility index (Phi) is 12.3. The lowest BCUT2D eigenvalue weighted by Gasteiger charge is -2.49. The molecule has 4 fully saturated rings. The van der Waals surface area contributed by atoms with Crippen LogP contribution in [0.3, 0.4) is 0 Å². The van der Waals surface area contributed by atoms with Crippen LogP contribution >= 0.6 is 0 Å². The van der Waals surface area contributed by atoms with Gasteiger partial charge < -0.3 is 68.1 Å². The number of esters is 1. The number of fused-ring (bicyclic) bond motifs is 4. The molecule has 4 saturated heterocycles. The molecule has 1 aliphatic carbocycles. The number of rotatable bonds is 10. The Hall–Kier alpha value is -4.18. The molecule has 0 unspecified atom stereocenters. The number of aliphatic hydroxyl groups excluding tert-OH is 3. The van der Waals surface area contributed by atoms with Crippen molar-refractivity contribution in [2.24, 2.45) is 0 Å². The van der Waals surface area contributed by atoms with Gasteiger partial charge in [-0.2, -0.15) is 0 Å². The van der Waals surface area contributed by atoms with Gasteiger partial charge in [0, 0.05) is 43.4 Å². The molecule has 2 aromatic carbocycles. The van der Waals surface area contributed by atoms with Gasteiger partial charge in [0.15, 0.2) is 17.5 Å². The van der Waals surface area contributed by atoms with Gasteiger partial charge >= 0.3 is 5.97 Å². The fourth-order valence-electron chi connectivity index (χ4n) is 10.2. The second-order valence-electron chi connectivity index (χ2n) is 18.1. The molecule has 5 N–H and O–H groups in total. The summed E-state index contributed by atoms with van der Waals surface area (Å²) in [5, 5.41) is 47.7. The van der Waals surface area contributed by atoms with Crippen molar-refractivity contribution >= 4 is 28.5 Å². The van der Waals surface area contributed by atoms with E-state index in [0.717, 1.165) is 7.11 Å². The molecule has 348 valence electrons. The maximum Gasteiger partial charge on any atom is 0.315 e. The number of ether oxygens (including phenoxy) is 8. The number of hydrogen-bond acceptors (Lipinski definition) is 18. The van der Waals surface area contributed by atoms with E-state index in [-0.39, 0.29) is 63.5 Å². The van der Waals surface area contributed by atoms with Crippen LogP contribution in [0.2, 0.25) is 0 Å². The number of epoxide rings is 1. The van der Waals surface area contributed by atoms with Gasteiger partial charge in [-0.3, -0.25) is 19.2 Å². The van der Waals surface area contributed by atoms with Gasteiger partial charge in [0.1, 0.15) is 65.2 Å². The third kappa shape index (κ3) is 7.40. The standard InChI is InChI=1S/C46H57NO17/c1-17-35(50)27(56-8)15-30(60-17)63-43-19(3)59-28(16-45(43,5)47-7)21-11-23-31(25(48)12-21)38(53)33-24(37(23)52)13-22(32-26(49)14-29(62-40(32)33)46(6)20(4)64-46)34(44(55)58-10)41-39(54)42(57-9)36(51)18(2)61-41/h11-14,17-20,27-28,30,34-36,39,41-43,47-48,50-51,54H,15-16H2,1-10H3/t17-,18-,19+,20-,27-,28-,30+,34+,35+,36-,39+,41+,42+,43+,45-,46+/m0/s1. The summed E-state index contributed by atoms with van der Waals surface area (Å²) in [6.07, 6.45) is -10.9. The first-order chi connectivity index (χ1) is 30.2. The highest BCUT2D eigenvalue weighted by Gasteiger charge is 2.55. The van der Waals surface area contributed by atoms with Crippen LogP contribution in [0.5, 0.6) is 5.75 Å². The van der Waals surface area contributed by atoms with Crippen LogP contribution in [0.25, 0.3) is 11.0 Å². The van der Waals surface area contributed by atoms with Crippen molar-refractivity contribution in [2.75, 3.05) is 28.4 Å². The summed E-state index contributed by atoms with van der Waals surface area (Å²) in [7, 11) is 5.68. The first-order valence-corrected chi connectivity index (χ1v) is 21.5. The summed E-state index contributed by atoms with van der Waals surface area (Å²) in [4.78, 5) is 58.2. The maximum absolute atomic E-state index is 15.0. The van der Waals surface area contributed by atoms with Crippen LogP contribution in [0.15, 0.2) is 33.5 Å². The highest BCUT2D eigenvalue weighted by molar-refractivity contribution is 6.32. The molecule has 8 rings (SSSR count). The van der Waals surface area contributed by atoms with Crippen LogP contribution in [0, 0.1) is 0 Å². The number of ketones is 2. The van der Waals surface area contributed by atoms with E-state index in [1.165, 1.54) is 45.4 Å². The molecule has 3 aromatic rings. The molecule has 5 heterocycles. The van der Waals surface area contributed by atoms with Crippen LogP contribution < -0.4 is 10.7 Å². The van der Waals surface area contributed by atoms with Crippen molar-refractivity contribution in [1.82, 2.24) is 5.32 Å². The highest BCUT2D eigenvalue weighted by atomic mass is 16.7. The van der Waals surface area contributed by atoms with Crippen LogP contribution in [-0.4, -0.2) is 145 Å². The van der Waals surface area contributed by atoms with Gasteiger partial charge in [-0.1, -0.05) is 0 Å². The van der Waals surface area contributed by atoms with Crippen molar-refractivity contribution in [3.8, 4) is 5.75 Å². The molecule has 5 aliphatic rings. The number of likely N-dealkylation sites (N-methyl/N-ethyl adjacent to an activating group) is 1. The minimum atomic E-state index is -1.64. The second kappa shape index (κ2) is 16.9. The molecule has 18 heteroatoms. The predicted octanol–water partition coefficient (Wildman–Crippen LogP) is 2.41. The van der Waals surface area contributed by atoms with Crippen molar-refractivity contribution in [3.05, 3.63) is 73.6 Å². The molecule has 0 radical (unpaired) electrons. The number of phenols is 1. The number of aliphatic hydroxyl groups is 3. The van der Waals surface area contributed by atoms with Crippen LogP contribution in [-0.2, 0) is 48.3 Å². The number of phenolic OH excluding ortho intramolecular Hbond substituents is 1. The number of methoxy groups -OCH3 is 3. The van der Waals surface area contributed by atoms with Crippen LogP contribution in [0.4, 0.5) is 0 Å². The summed E-state index contributed by atoms with van der Waals surface area (Å²) < 4.78 is 53.4. The van der Waals surface area contributed by atoms with Gasteiger partial charge in [0.2, 0.25) is 5.78 Å². The molecular formula is C46H57NO17. The fraction of sp³-hybridized carbons (Fsp3) is 0.609. The average molecular weight is 896 g/mol. The smallest absolute Gasteiger partial charge is 0.315 e. The van der Waals surface area contributed by atoms with E-state index in [1.807, 2.05) is 13.8 Å². The maximum atomic E-state index is 15.0. The Morgan fingerprint density at radius 3 is 2.14 bits per heavy atom. The van der Waals surface area contributed by atoms with Crippen molar-refractivity contribution < 1.29 is 77.1 Å². The number of aromatic hydroxyl groups is 1. The van der Waals surface area contributed by atoms with Crippen LogP contribution in [0.1, 0.15) is 115 Å². The Bertz CT molecular complexity index is 2420. The molecule has 1 aromatic heterocycles. The Balaban J connectivity index is 1.23. The lowest BCUT2D eigenvalue weighted by atomic mass is 9.76. The molecule has 4 aliphatic heterocycles. The van der Waals surface area contributed by atoms with E-state index >= 15 is 4.79 Å². The molecule has 0 amide bonds. The average Bonchev–Trinajstić information content (AvgIpc) is 3.89. The third-order valence-electron chi connectivity index (χ3n) is 14.2. The summed E-state index contributed by atoms with van der Waals surface area (Å²) in [5.41, 5.74) is -3.71. The first kappa shape index (κ1) is 46.4. The van der Waals surface area contributed by atoms with Gasteiger partial charge in [-0.05, 0) is 84.3 Å². The lowest BCUT2D eigenvalue weighted by molar-refractivity contribution is -0.293. The number of benzene rings is 2. The number of nitrogens with one attached hydrogen (secondary N) is 1.